The Morgan fingerprint density at radius 2 is 1.92 bits per heavy atom. The average molecular weight is 359 g/mol. The standard InChI is InChI=1S/C19H27N4O3/c1-19(2,3)26-17(25)13-22-11-12-23(16(22)14-24)20-18(21(4)5)15-9-7-6-8-10-15/h6-12,24H,13-14H2,1-5H3/q+1. The summed E-state index contributed by atoms with van der Waals surface area (Å²) < 4.78 is 8.56. The van der Waals surface area contributed by atoms with Gasteiger partial charge in [-0.2, -0.15) is 0 Å². The van der Waals surface area contributed by atoms with E-state index in [4.69, 9.17) is 4.74 Å². The summed E-state index contributed by atoms with van der Waals surface area (Å²) in [6.45, 7) is 5.22. The topological polar surface area (TPSA) is 70.9 Å². The van der Waals surface area contributed by atoms with E-state index in [1.165, 1.54) is 0 Å². The van der Waals surface area contributed by atoms with Gasteiger partial charge in [0.25, 0.3) is 0 Å². The number of ether oxygens (including phenoxy) is 1. The second-order valence-electron chi connectivity index (χ2n) is 7.12. The van der Waals surface area contributed by atoms with E-state index in [-0.39, 0.29) is 19.1 Å². The molecule has 0 fully saturated rings. The fourth-order valence-corrected chi connectivity index (χ4v) is 2.45. The molecule has 7 heteroatoms. The summed E-state index contributed by atoms with van der Waals surface area (Å²) in [4.78, 5) is 14.0. The Labute approximate surface area is 154 Å². The first-order valence-corrected chi connectivity index (χ1v) is 8.45. The summed E-state index contributed by atoms with van der Waals surface area (Å²) in [6.07, 6.45) is 3.42. The van der Waals surface area contributed by atoms with E-state index in [0.717, 1.165) is 11.4 Å². The van der Waals surface area contributed by atoms with Crippen molar-refractivity contribution in [1.29, 1.82) is 0 Å². The van der Waals surface area contributed by atoms with Crippen LogP contribution in [0.2, 0.25) is 0 Å². The smallest absolute Gasteiger partial charge is 0.349 e. The number of aromatic nitrogens is 2. The fraction of sp³-hybridized carbons (Fsp3) is 0.421. The SMILES string of the molecule is CN(C)C(=Nn1cc[n+](CC(=O)OC(C)(C)C)c1CO)c1ccccc1. The van der Waals surface area contributed by atoms with Crippen LogP contribution >= 0.6 is 0 Å². The lowest BCUT2D eigenvalue weighted by molar-refractivity contribution is -0.695. The van der Waals surface area contributed by atoms with Gasteiger partial charge in [0, 0.05) is 19.7 Å². The van der Waals surface area contributed by atoms with Crippen molar-refractivity contribution in [1.82, 2.24) is 9.58 Å². The summed E-state index contributed by atoms with van der Waals surface area (Å²) in [6, 6.07) is 9.77. The van der Waals surface area contributed by atoms with Gasteiger partial charge in [-0.1, -0.05) is 35.4 Å². The van der Waals surface area contributed by atoms with Crippen LogP contribution < -0.4 is 4.57 Å². The van der Waals surface area contributed by atoms with Crippen LogP contribution in [-0.4, -0.2) is 46.2 Å². The summed E-state index contributed by atoms with van der Waals surface area (Å²) in [5, 5.41) is 14.4. The first-order chi connectivity index (χ1) is 12.2. The quantitative estimate of drug-likeness (QED) is 0.379. The zero-order valence-electron chi connectivity index (χ0n) is 16.0. The van der Waals surface area contributed by atoms with Gasteiger partial charge in [0.05, 0.1) is 0 Å². The molecule has 0 aliphatic heterocycles. The molecular weight excluding hydrogens is 332 g/mol. The molecule has 0 atom stereocenters. The van der Waals surface area contributed by atoms with E-state index in [0.29, 0.717) is 5.82 Å². The largest absolute Gasteiger partial charge is 0.457 e. The Bertz CT molecular complexity index is 774. The van der Waals surface area contributed by atoms with Crippen LogP contribution in [0.15, 0.2) is 47.8 Å². The van der Waals surface area contributed by atoms with Crippen molar-refractivity contribution in [2.24, 2.45) is 5.10 Å². The number of aliphatic hydroxyl groups excluding tert-OH is 1. The van der Waals surface area contributed by atoms with Gasteiger partial charge in [-0.15, -0.1) is 4.68 Å². The molecule has 0 unspecified atom stereocenters. The normalized spacial score (nSPS) is 12.2. The zero-order valence-corrected chi connectivity index (χ0v) is 16.0. The molecule has 0 radical (unpaired) electrons. The Kier molecular flexibility index (Phi) is 6.15. The van der Waals surface area contributed by atoms with Crippen LogP contribution in [0.1, 0.15) is 32.2 Å². The molecule has 0 saturated heterocycles. The van der Waals surface area contributed by atoms with Crippen LogP contribution in [0.4, 0.5) is 0 Å². The van der Waals surface area contributed by atoms with Gasteiger partial charge in [0.1, 0.15) is 18.4 Å². The molecule has 0 aliphatic carbocycles. The molecule has 0 amide bonds. The van der Waals surface area contributed by atoms with E-state index in [2.05, 4.69) is 5.10 Å². The molecule has 2 aromatic rings. The molecule has 1 aromatic carbocycles. The third-order valence-electron chi connectivity index (χ3n) is 3.50. The highest BCUT2D eigenvalue weighted by Gasteiger charge is 2.23. The van der Waals surface area contributed by atoms with E-state index in [9.17, 15) is 9.90 Å². The maximum absolute atomic E-state index is 12.1. The van der Waals surface area contributed by atoms with Crippen molar-refractivity contribution in [3.8, 4) is 0 Å². The first kappa shape index (κ1) is 19.7. The second kappa shape index (κ2) is 8.14. The maximum Gasteiger partial charge on any atom is 0.349 e. The van der Waals surface area contributed by atoms with E-state index in [1.54, 1.807) is 21.6 Å². The molecule has 0 aliphatic rings. The number of imidazole rings is 1. The lowest BCUT2D eigenvalue weighted by atomic mass is 10.2. The van der Waals surface area contributed by atoms with Crippen molar-refractivity contribution >= 4 is 11.8 Å². The first-order valence-electron chi connectivity index (χ1n) is 8.45. The van der Waals surface area contributed by atoms with Gasteiger partial charge in [-0.3, -0.25) is 0 Å². The Balaban J connectivity index is 2.33. The lowest BCUT2D eigenvalue weighted by Crippen LogP contribution is -2.43. The molecule has 140 valence electrons. The predicted molar refractivity (Wildman–Crippen MR) is 98.5 cm³/mol. The highest BCUT2D eigenvalue weighted by atomic mass is 16.6. The van der Waals surface area contributed by atoms with Crippen LogP contribution in [-0.2, 0) is 22.7 Å². The third-order valence-corrected chi connectivity index (χ3v) is 3.50. The van der Waals surface area contributed by atoms with Gasteiger partial charge in [-0.05, 0) is 20.8 Å². The molecule has 1 N–H and O–H groups in total. The van der Waals surface area contributed by atoms with E-state index < -0.39 is 5.60 Å². The molecule has 2 rings (SSSR count). The van der Waals surface area contributed by atoms with Crippen LogP contribution in [0, 0.1) is 0 Å². The molecule has 26 heavy (non-hydrogen) atoms. The predicted octanol–water partition coefficient (Wildman–Crippen LogP) is 1.38. The minimum Gasteiger partial charge on any atom is -0.457 e. The highest BCUT2D eigenvalue weighted by Crippen LogP contribution is 2.08. The summed E-state index contributed by atoms with van der Waals surface area (Å²) >= 11 is 0. The Morgan fingerprint density at radius 1 is 1.27 bits per heavy atom. The summed E-state index contributed by atoms with van der Waals surface area (Å²) in [5.74, 6) is 0.862. The van der Waals surface area contributed by atoms with Gasteiger partial charge < -0.3 is 14.7 Å². The summed E-state index contributed by atoms with van der Waals surface area (Å²) in [7, 11) is 3.81. The summed E-state index contributed by atoms with van der Waals surface area (Å²) in [5.41, 5.74) is 0.400. The van der Waals surface area contributed by atoms with Gasteiger partial charge in [0.2, 0.25) is 0 Å². The molecule has 1 heterocycles. The molecular formula is C19H27N4O3+. The molecule has 0 spiro atoms. The van der Waals surface area contributed by atoms with E-state index in [1.807, 2.05) is 70.1 Å². The highest BCUT2D eigenvalue weighted by molar-refractivity contribution is 5.98. The number of esters is 1. The van der Waals surface area contributed by atoms with Gasteiger partial charge in [-0.25, -0.2) is 9.36 Å². The molecule has 0 bridgehead atoms. The number of rotatable bonds is 5. The number of nitrogens with zero attached hydrogens (tertiary/aromatic N) is 4. The van der Waals surface area contributed by atoms with Gasteiger partial charge in [0.15, 0.2) is 18.6 Å². The lowest BCUT2D eigenvalue weighted by Gasteiger charge is -2.18. The van der Waals surface area contributed by atoms with Crippen LogP contribution in [0.25, 0.3) is 0 Å². The number of amidine groups is 1. The van der Waals surface area contributed by atoms with Crippen molar-refractivity contribution < 1.29 is 19.2 Å². The van der Waals surface area contributed by atoms with Crippen molar-refractivity contribution in [2.45, 2.75) is 39.5 Å². The van der Waals surface area contributed by atoms with Gasteiger partial charge >= 0.3 is 11.8 Å². The number of aliphatic hydroxyl groups is 1. The number of hydrogen-bond acceptors (Lipinski definition) is 4. The third kappa shape index (κ3) is 5.16. The minimum atomic E-state index is -0.552. The maximum atomic E-state index is 12.1. The Hall–Kier alpha value is -2.67. The van der Waals surface area contributed by atoms with Crippen molar-refractivity contribution in [3.05, 3.63) is 54.1 Å². The number of benzene rings is 1. The molecule has 7 nitrogen and oxygen atoms in total. The molecule has 0 saturated carbocycles. The second-order valence-corrected chi connectivity index (χ2v) is 7.12. The van der Waals surface area contributed by atoms with E-state index >= 15 is 0 Å². The van der Waals surface area contributed by atoms with Crippen LogP contribution in [0.3, 0.4) is 0 Å². The zero-order chi connectivity index (χ0) is 19.3. The average Bonchev–Trinajstić information content (AvgIpc) is 2.92. The Morgan fingerprint density at radius 3 is 2.46 bits per heavy atom. The number of carbonyl (C=O) groups excluding carboxylic acids is 1. The monoisotopic (exact) mass is 359 g/mol. The molecule has 1 aromatic heterocycles. The van der Waals surface area contributed by atoms with Crippen molar-refractivity contribution in [3.63, 3.8) is 0 Å². The number of hydrogen-bond donors (Lipinski definition) is 1. The minimum absolute atomic E-state index is 0.0122. The van der Waals surface area contributed by atoms with Crippen LogP contribution in [0.5, 0.6) is 0 Å². The van der Waals surface area contributed by atoms with Crippen molar-refractivity contribution in [2.75, 3.05) is 14.1 Å². The fourth-order valence-electron chi connectivity index (χ4n) is 2.45. The number of carbonyl (C=O) groups is 1.